The normalized spacial score (nSPS) is 16.0. The van der Waals surface area contributed by atoms with Crippen LogP contribution in [0.1, 0.15) is 57.9 Å². The molecule has 1 aromatic rings. The third-order valence-electron chi connectivity index (χ3n) is 4.60. The predicted octanol–water partition coefficient (Wildman–Crippen LogP) is 3.92. The minimum atomic E-state index is -0.472. The fraction of sp³-hybridized carbons (Fsp3) is 0.579. The minimum absolute atomic E-state index is 0.0153. The number of nitrogens with one attached hydrogen (secondary N) is 1. The van der Waals surface area contributed by atoms with Crippen molar-refractivity contribution in [2.45, 2.75) is 71.0 Å². The molecule has 2 rings (SSSR count). The molecular weight excluding hydrogens is 324 g/mol. The van der Waals surface area contributed by atoms with Gasteiger partial charge in [-0.3, -0.25) is 9.59 Å². The maximum absolute atomic E-state index is 12.6. The van der Waals surface area contributed by atoms with Crippen molar-refractivity contribution in [1.29, 1.82) is 0 Å². The van der Waals surface area contributed by atoms with E-state index in [9.17, 15) is 9.59 Å². The van der Waals surface area contributed by atoms with Crippen LogP contribution in [-0.2, 0) is 16.1 Å². The van der Waals surface area contributed by atoms with Crippen LogP contribution >= 0.6 is 11.6 Å². The van der Waals surface area contributed by atoms with Crippen molar-refractivity contribution in [2.75, 3.05) is 0 Å². The molecule has 0 aromatic heterocycles. The number of carbonyl (C=O) groups excluding carboxylic acids is 2. The topological polar surface area (TPSA) is 49.4 Å². The number of carbonyl (C=O) groups is 2. The third kappa shape index (κ3) is 5.23. The van der Waals surface area contributed by atoms with Crippen molar-refractivity contribution in [1.82, 2.24) is 10.2 Å². The van der Waals surface area contributed by atoms with Gasteiger partial charge in [-0.25, -0.2) is 0 Å². The van der Waals surface area contributed by atoms with Crippen LogP contribution in [0.2, 0.25) is 5.02 Å². The Labute approximate surface area is 149 Å². The lowest BCUT2D eigenvalue weighted by Crippen LogP contribution is -2.49. The van der Waals surface area contributed by atoms with Gasteiger partial charge in [-0.2, -0.15) is 0 Å². The Morgan fingerprint density at radius 1 is 1.25 bits per heavy atom. The number of nitrogens with zero attached hydrogens (tertiary/aromatic N) is 1. The average molecular weight is 351 g/mol. The van der Waals surface area contributed by atoms with E-state index in [2.05, 4.69) is 5.32 Å². The van der Waals surface area contributed by atoms with E-state index in [1.54, 1.807) is 4.90 Å². The lowest BCUT2D eigenvalue weighted by Gasteiger charge is -2.29. The van der Waals surface area contributed by atoms with Crippen molar-refractivity contribution in [3.63, 3.8) is 0 Å². The summed E-state index contributed by atoms with van der Waals surface area (Å²) in [6.45, 7) is 4.21. The van der Waals surface area contributed by atoms with Crippen molar-refractivity contribution in [2.24, 2.45) is 0 Å². The van der Waals surface area contributed by atoms with Gasteiger partial charge in [0.2, 0.25) is 11.8 Å². The van der Waals surface area contributed by atoms with Gasteiger partial charge in [-0.15, -0.1) is 0 Å². The monoisotopic (exact) mass is 350 g/mol. The first kappa shape index (κ1) is 18.8. The molecule has 0 heterocycles. The standard InChI is InChI=1S/C19H27ClN2O2/c1-3-6-18(23)22(13-15-9-11-16(20)12-10-15)14(2)19(24)21-17-7-4-5-8-17/h9-12,14,17H,3-8,13H2,1-2H3,(H,21,24). The van der Waals surface area contributed by atoms with Gasteiger partial charge < -0.3 is 10.2 Å². The van der Waals surface area contributed by atoms with E-state index in [1.165, 1.54) is 12.8 Å². The zero-order valence-electron chi connectivity index (χ0n) is 14.6. The molecule has 1 fully saturated rings. The van der Waals surface area contributed by atoms with Crippen LogP contribution in [0.4, 0.5) is 0 Å². The summed E-state index contributed by atoms with van der Waals surface area (Å²) in [5.74, 6) is -0.0400. The molecule has 2 amide bonds. The smallest absolute Gasteiger partial charge is 0.242 e. The highest BCUT2D eigenvalue weighted by Crippen LogP contribution is 2.19. The largest absolute Gasteiger partial charge is 0.352 e. The van der Waals surface area contributed by atoms with E-state index in [-0.39, 0.29) is 17.9 Å². The zero-order chi connectivity index (χ0) is 17.5. The van der Waals surface area contributed by atoms with Crippen LogP contribution in [0.25, 0.3) is 0 Å². The maximum atomic E-state index is 12.6. The van der Waals surface area contributed by atoms with E-state index < -0.39 is 6.04 Å². The molecule has 0 bridgehead atoms. The molecule has 1 aliphatic rings. The number of halogens is 1. The van der Waals surface area contributed by atoms with Crippen LogP contribution < -0.4 is 5.32 Å². The molecule has 132 valence electrons. The first-order valence-electron chi connectivity index (χ1n) is 8.85. The fourth-order valence-electron chi connectivity index (χ4n) is 3.12. The first-order valence-corrected chi connectivity index (χ1v) is 9.23. The third-order valence-corrected chi connectivity index (χ3v) is 4.85. The molecule has 1 atom stereocenters. The van der Waals surface area contributed by atoms with Gasteiger partial charge in [0.05, 0.1) is 0 Å². The second kappa shape index (κ2) is 9.07. The summed E-state index contributed by atoms with van der Waals surface area (Å²) in [6, 6.07) is 7.20. The number of hydrogen-bond acceptors (Lipinski definition) is 2. The number of hydrogen-bond donors (Lipinski definition) is 1. The molecule has 1 aliphatic carbocycles. The molecule has 0 saturated heterocycles. The van der Waals surface area contributed by atoms with E-state index >= 15 is 0 Å². The average Bonchev–Trinajstić information content (AvgIpc) is 3.06. The van der Waals surface area contributed by atoms with Crippen molar-refractivity contribution in [3.8, 4) is 0 Å². The van der Waals surface area contributed by atoms with Crippen molar-refractivity contribution >= 4 is 23.4 Å². The van der Waals surface area contributed by atoms with Crippen molar-refractivity contribution < 1.29 is 9.59 Å². The highest BCUT2D eigenvalue weighted by molar-refractivity contribution is 6.30. The molecule has 1 unspecified atom stereocenters. The van der Waals surface area contributed by atoms with E-state index in [1.807, 2.05) is 38.1 Å². The summed E-state index contributed by atoms with van der Waals surface area (Å²) in [6.07, 6.45) is 5.64. The lowest BCUT2D eigenvalue weighted by atomic mass is 10.1. The molecule has 5 heteroatoms. The molecule has 1 saturated carbocycles. The fourth-order valence-corrected chi connectivity index (χ4v) is 3.24. The van der Waals surface area contributed by atoms with Gasteiger partial charge in [0.15, 0.2) is 0 Å². The summed E-state index contributed by atoms with van der Waals surface area (Å²) < 4.78 is 0. The van der Waals surface area contributed by atoms with E-state index in [4.69, 9.17) is 11.6 Å². The molecule has 0 aliphatic heterocycles. The second-order valence-electron chi connectivity index (χ2n) is 6.56. The molecule has 24 heavy (non-hydrogen) atoms. The molecule has 1 aromatic carbocycles. The summed E-state index contributed by atoms with van der Waals surface area (Å²) >= 11 is 5.92. The van der Waals surface area contributed by atoms with Crippen LogP contribution in [-0.4, -0.2) is 28.8 Å². The van der Waals surface area contributed by atoms with E-state index in [0.717, 1.165) is 24.8 Å². The molecule has 0 spiro atoms. The summed E-state index contributed by atoms with van der Waals surface area (Å²) in [7, 11) is 0. The van der Waals surface area contributed by atoms with Crippen LogP contribution in [0.3, 0.4) is 0 Å². The Morgan fingerprint density at radius 2 is 1.88 bits per heavy atom. The quantitative estimate of drug-likeness (QED) is 0.810. The molecule has 4 nitrogen and oxygen atoms in total. The Balaban J connectivity index is 2.06. The summed E-state index contributed by atoms with van der Waals surface area (Å²) in [5, 5.41) is 3.76. The van der Waals surface area contributed by atoms with Gasteiger partial charge in [-0.1, -0.05) is 43.5 Å². The number of amides is 2. The summed E-state index contributed by atoms with van der Waals surface area (Å²) in [5.41, 5.74) is 0.976. The van der Waals surface area contributed by atoms with Gasteiger partial charge in [0.1, 0.15) is 6.04 Å². The van der Waals surface area contributed by atoms with Crippen molar-refractivity contribution in [3.05, 3.63) is 34.9 Å². The van der Waals surface area contributed by atoms with Gasteiger partial charge >= 0.3 is 0 Å². The van der Waals surface area contributed by atoms with Gasteiger partial charge in [0, 0.05) is 24.0 Å². The molecule has 1 N–H and O–H groups in total. The summed E-state index contributed by atoms with van der Waals surface area (Å²) in [4.78, 5) is 26.8. The van der Waals surface area contributed by atoms with Crippen LogP contribution in [0.15, 0.2) is 24.3 Å². The van der Waals surface area contributed by atoms with Crippen LogP contribution in [0, 0.1) is 0 Å². The Kier molecular flexibility index (Phi) is 7.10. The first-order chi connectivity index (χ1) is 11.5. The van der Waals surface area contributed by atoms with Crippen LogP contribution in [0.5, 0.6) is 0 Å². The highest BCUT2D eigenvalue weighted by atomic mass is 35.5. The minimum Gasteiger partial charge on any atom is -0.352 e. The SMILES string of the molecule is CCCC(=O)N(Cc1ccc(Cl)cc1)C(C)C(=O)NC1CCCC1. The molecule has 0 radical (unpaired) electrons. The maximum Gasteiger partial charge on any atom is 0.242 e. The Bertz CT molecular complexity index is 553. The number of benzene rings is 1. The lowest BCUT2D eigenvalue weighted by molar-refractivity contribution is -0.140. The van der Waals surface area contributed by atoms with Gasteiger partial charge in [0.25, 0.3) is 0 Å². The predicted molar refractivity (Wildman–Crippen MR) is 96.8 cm³/mol. The second-order valence-corrected chi connectivity index (χ2v) is 7.00. The van der Waals surface area contributed by atoms with Gasteiger partial charge in [-0.05, 0) is 43.9 Å². The number of rotatable bonds is 7. The molecular formula is C19H27ClN2O2. The Hall–Kier alpha value is -1.55. The zero-order valence-corrected chi connectivity index (χ0v) is 15.3. The highest BCUT2D eigenvalue weighted by Gasteiger charge is 2.27. The Morgan fingerprint density at radius 3 is 2.46 bits per heavy atom. The van der Waals surface area contributed by atoms with E-state index in [0.29, 0.717) is 18.0 Å².